The lowest BCUT2D eigenvalue weighted by atomic mass is 10.2. The van der Waals surface area contributed by atoms with Crippen molar-refractivity contribution in [1.82, 2.24) is 9.88 Å². The molecule has 4 rings (SSSR count). The number of ether oxygens (including phenoxy) is 2. The van der Waals surface area contributed by atoms with E-state index in [9.17, 15) is 9.18 Å². The van der Waals surface area contributed by atoms with Crippen molar-refractivity contribution in [2.45, 2.75) is 20.0 Å². The Morgan fingerprint density at radius 3 is 2.64 bits per heavy atom. The molecular weight excluding hydrogens is 359 g/mol. The van der Waals surface area contributed by atoms with Gasteiger partial charge in [-0.3, -0.25) is 4.79 Å². The molecule has 5 nitrogen and oxygen atoms in total. The summed E-state index contributed by atoms with van der Waals surface area (Å²) in [6.45, 7) is 4.35. The van der Waals surface area contributed by atoms with Crippen LogP contribution < -0.4 is 14.8 Å². The number of aromatic nitrogens is 1. The lowest BCUT2D eigenvalue weighted by Crippen LogP contribution is -2.40. The second kappa shape index (κ2) is 7.38. The molecule has 144 valence electrons. The highest BCUT2D eigenvalue weighted by Gasteiger charge is 2.23. The maximum Gasteiger partial charge on any atom is 0.253 e. The molecule has 0 aliphatic carbocycles. The van der Waals surface area contributed by atoms with Gasteiger partial charge in [-0.1, -0.05) is 24.3 Å². The Labute approximate surface area is 162 Å². The summed E-state index contributed by atoms with van der Waals surface area (Å²) in [4.78, 5) is 12.7. The van der Waals surface area contributed by atoms with Crippen LogP contribution in [-0.2, 0) is 0 Å². The SMILES string of the molecule is Cc1cc(C(=O)NC[C@@H]2COc3ccccc3O2)c(C)n1-c1ccccc1F. The molecule has 0 fully saturated rings. The number of carbonyl (C=O) groups excluding carboxylic acids is 1. The molecular formula is C22H21FN2O3. The molecule has 1 aliphatic rings. The fraction of sp³-hybridized carbons (Fsp3) is 0.227. The summed E-state index contributed by atoms with van der Waals surface area (Å²) >= 11 is 0. The van der Waals surface area contributed by atoms with Gasteiger partial charge in [0.15, 0.2) is 11.5 Å². The average molecular weight is 380 g/mol. The lowest BCUT2D eigenvalue weighted by Gasteiger charge is -2.26. The first-order chi connectivity index (χ1) is 13.5. The molecule has 1 aromatic heterocycles. The van der Waals surface area contributed by atoms with E-state index in [1.165, 1.54) is 6.07 Å². The van der Waals surface area contributed by atoms with E-state index in [0.717, 1.165) is 5.69 Å². The van der Waals surface area contributed by atoms with Crippen molar-refractivity contribution in [3.05, 3.63) is 77.4 Å². The van der Waals surface area contributed by atoms with Crippen LogP contribution in [0.4, 0.5) is 4.39 Å². The second-order valence-electron chi connectivity index (χ2n) is 6.78. The van der Waals surface area contributed by atoms with Crippen LogP contribution in [0, 0.1) is 19.7 Å². The van der Waals surface area contributed by atoms with E-state index in [1.54, 1.807) is 28.8 Å². The normalized spacial score (nSPS) is 15.3. The van der Waals surface area contributed by atoms with Crippen molar-refractivity contribution in [3.63, 3.8) is 0 Å². The Bertz CT molecular complexity index is 1030. The highest BCUT2D eigenvalue weighted by Crippen LogP contribution is 2.30. The van der Waals surface area contributed by atoms with Crippen LogP contribution in [0.3, 0.4) is 0 Å². The summed E-state index contributed by atoms with van der Waals surface area (Å²) in [7, 11) is 0. The summed E-state index contributed by atoms with van der Waals surface area (Å²) in [5, 5.41) is 2.90. The number of nitrogens with zero attached hydrogens (tertiary/aromatic N) is 1. The highest BCUT2D eigenvalue weighted by atomic mass is 19.1. The van der Waals surface area contributed by atoms with Crippen molar-refractivity contribution in [2.24, 2.45) is 0 Å². The van der Waals surface area contributed by atoms with Gasteiger partial charge >= 0.3 is 0 Å². The van der Waals surface area contributed by atoms with E-state index in [4.69, 9.17) is 9.47 Å². The van der Waals surface area contributed by atoms with Crippen LogP contribution in [0.2, 0.25) is 0 Å². The van der Waals surface area contributed by atoms with Gasteiger partial charge in [-0.05, 0) is 44.2 Å². The standard InChI is InChI=1S/C22H21FN2O3/c1-14-11-17(15(2)25(14)19-8-4-3-7-18(19)23)22(26)24-12-16-13-27-20-9-5-6-10-21(20)28-16/h3-11,16H,12-13H2,1-2H3,(H,24,26)/t16-/m1/s1. The summed E-state index contributed by atoms with van der Waals surface area (Å²) in [5.74, 6) is 0.824. The van der Waals surface area contributed by atoms with Gasteiger partial charge in [0, 0.05) is 11.4 Å². The van der Waals surface area contributed by atoms with Crippen molar-refractivity contribution in [2.75, 3.05) is 13.2 Å². The number of para-hydroxylation sites is 3. The first-order valence-electron chi connectivity index (χ1n) is 9.15. The van der Waals surface area contributed by atoms with Gasteiger partial charge in [-0.15, -0.1) is 0 Å². The topological polar surface area (TPSA) is 52.5 Å². The predicted molar refractivity (Wildman–Crippen MR) is 104 cm³/mol. The molecule has 6 heteroatoms. The minimum absolute atomic E-state index is 0.224. The minimum Gasteiger partial charge on any atom is -0.486 e. The van der Waals surface area contributed by atoms with E-state index >= 15 is 0 Å². The van der Waals surface area contributed by atoms with Crippen molar-refractivity contribution >= 4 is 5.91 Å². The third-order valence-electron chi connectivity index (χ3n) is 4.83. The molecule has 3 aromatic rings. The fourth-order valence-electron chi connectivity index (χ4n) is 3.46. The van der Waals surface area contributed by atoms with Crippen molar-refractivity contribution < 1.29 is 18.7 Å². The predicted octanol–water partition coefficient (Wildman–Crippen LogP) is 3.80. The van der Waals surface area contributed by atoms with E-state index < -0.39 is 0 Å². The number of nitrogens with one attached hydrogen (secondary N) is 1. The van der Waals surface area contributed by atoms with Crippen LogP contribution in [-0.4, -0.2) is 29.7 Å². The molecule has 2 aromatic carbocycles. The van der Waals surface area contributed by atoms with Crippen molar-refractivity contribution in [3.8, 4) is 17.2 Å². The molecule has 0 bridgehead atoms. The molecule has 1 atom stereocenters. The van der Waals surface area contributed by atoms with Gasteiger partial charge in [0.2, 0.25) is 0 Å². The first kappa shape index (κ1) is 18.1. The molecule has 0 saturated carbocycles. The molecule has 0 spiro atoms. The van der Waals surface area contributed by atoms with E-state index in [-0.39, 0.29) is 17.8 Å². The van der Waals surface area contributed by atoms with Crippen LogP contribution >= 0.6 is 0 Å². The zero-order valence-corrected chi connectivity index (χ0v) is 15.7. The van der Waals surface area contributed by atoms with Gasteiger partial charge in [0.05, 0.1) is 17.8 Å². The molecule has 0 unspecified atom stereocenters. The number of hydrogen-bond acceptors (Lipinski definition) is 3. The van der Waals surface area contributed by atoms with Crippen LogP contribution in [0.15, 0.2) is 54.6 Å². The summed E-state index contributed by atoms with van der Waals surface area (Å²) in [6.07, 6.45) is -0.270. The Kier molecular flexibility index (Phi) is 4.77. The van der Waals surface area contributed by atoms with Gasteiger partial charge in [-0.2, -0.15) is 0 Å². The third kappa shape index (κ3) is 3.33. The van der Waals surface area contributed by atoms with Gasteiger partial charge in [0.1, 0.15) is 18.5 Å². The second-order valence-corrected chi connectivity index (χ2v) is 6.78. The number of carbonyl (C=O) groups is 1. The number of rotatable bonds is 4. The molecule has 1 aliphatic heterocycles. The number of fused-ring (bicyclic) bond motifs is 1. The number of aryl methyl sites for hydroxylation is 1. The Morgan fingerprint density at radius 2 is 1.86 bits per heavy atom. The first-order valence-corrected chi connectivity index (χ1v) is 9.15. The van der Waals surface area contributed by atoms with Crippen molar-refractivity contribution in [1.29, 1.82) is 0 Å². The quantitative estimate of drug-likeness (QED) is 0.749. The zero-order valence-electron chi connectivity index (χ0n) is 15.7. The molecule has 1 amide bonds. The fourth-order valence-corrected chi connectivity index (χ4v) is 3.46. The Morgan fingerprint density at radius 1 is 1.14 bits per heavy atom. The average Bonchev–Trinajstić information content (AvgIpc) is 3.00. The molecule has 28 heavy (non-hydrogen) atoms. The molecule has 0 radical (unpaired) electrons. The molecule has 0 saturated heterocycles. The number of benzene rings is 2. The largest absolute Gasteiger partial charge is 0.486 e. The molecule has 2 heterocycles. The molecule has 1 N–H and O–H groups in total. The third-order valence-corrected chi connectivity index (χ3v) is 4.83. The highest BCUT2D eigenvalue weighted by molar-refractivity contribution is 5.96. The van der Waals surface area contributed by atoms with Crippen LogP contribution in [0.1, 0.15) is 21.7 Å². The summed E-state index contributed by atoms with van der Waals surface area (Å²) < 4.78 is 27.5. The number of amides is 1. The van der Waals surface area contributed by atoms with Gasteiger partial charge in [-0.25, -0.2) is 4.39 Å². The number of hydrogen-bond donors (Lipinski definition) is 1. The van der Waals surface area contributed by atoms with E-state index in [2.05, 4.69) is 5.32 Å². The maximum absolute atomic E-state index is 14.2. The Balaban J connectivity index is 1.48. The number of halogens is 1. The minimum atomic E-state index is -0.331. The smallest absolute Gasteiger partial charge is 0.253 e. The van der Waals surface area contributed by atoms with Gasteiger partial charge < -0.3 is 19.4 Å². The summed E-state index contributed by atoms with van der Waals surface area (Å²) in [5.41, 5.74) is 2.42. The Hall–Kier alpha value is -3.28. The lowest BCUT2D eigenvalue weighted by molar-refractivity contribution is 0.0789. The van der Waals surface area contributed by atoms with Crippen LogP contribution in [0.5, 0.6) is 11.5 Å². The van der Waals surface area contributed by atoms with E-state index in [0.29, 0.717) is 41.6 Å². The monoisotopic (exact) mass is 380 g/mol. The summed E-state index contributed by atoms with van der Waals surface area (Å²) in [6, 6.07) is 15.7. The van der Waals surface area contributed by atoms with E-state index in [1.807, 2.05) is 38.1 Å². The zero-order chi connectivity index (χ0) is 19.7. The van der Waals surface area contributed by atoms with Gasteiger partial charge in [0.25, 0.3) is 5.91 Å². The van der Waals surface area contributed by atoms with Crippen LogP contribution in [0.25, 0.3) is 5.69 Å². The maximum atomic E-state index is 14.2.